The summed E-state index contributed by atoms with van der Waals surface area (Å²) in [7, 11) is 0. The molecule has 116 valence electrons. The highest BCUT2D eigenvalue weighted by Gasteiger charge is 2.24. The van der Waals surface area contributed by atoms with Gasteiger partial charge < -0.3 is 5.73 Å². The number of nitrogens with zero attached hydrogens (tertiary/aromatic N) is 2. The van der Waals surface area contributed by atoms with Crippen LogP contribution in [0.15, 0.2) is 34.2 Å². The van der Waals surface area contributed by atoms with Gasteiger partial charge in [0.2, 0.25) is 5.91 Å². The fourth-order valence-corrected chi connectivity index (χ4v) is 3.84. The van der Waals surface area contributed by atoms with Crippen LogP contribution in [0.5, 0.6) is 0 Å². The Morgan fingerprint density at radius 1 is 1.36 bits per heavy atom. The lowest BCUT2D eigenvalue weighted by molar-refractivity contribution is -0.117. The number of amides is 1. The van der Waals surface area contributed by atoms with E-state index in [1.807, 2.05) is 24.3 Å². The summed E-state index contributed by atoms with van der Waals surface area (Å²) in [4.78, 5) is 28.9. The van der Waals surface area contributed by atoms with Crippen molar-refractivity contribution in [3.8, 4) is 0 Å². The van der Waals surface area contributed by atoms with Crippen LogP contribution in [0.1, 0.15) is 38.6 Å². The van der Waals surface area contributed by atoms with E-state index < -0.39 is 11.2 Å². The standard InChI is InChI=1S/C16H19N3O2S/c1-10(14(17)20)22-16-18-13-9-5-4-8-12(13)15(21)19(16)11-6-2-3-7-11/h4-5,8-11H,2-3,6-7H2,1H3,(H2,17,20)/t10-/m1/s1. The van der Waals surface area contributed by atoms with Gasteiger partial charge in [-0.15, -0.1) is 0 Å². The first-order valence-electron chi connectivity index (χ1n) is 7.55. The molecule has 2 aromatic rings. The zero-order chi connectivity index (χ0) is 15.7. The molecular weight excluding hydrogens is 298 g/mol. The van der Waals surface area contributed by atoms with Crippen molar-refractivity contribution in [1.82, 2.24) is 9.55 Å². The monoisotopic (exact) mass is 317 g/mol. The van der Waals surface area contributed by atoms with Gasteiger partial charge in [0, 0.05) is 6.04 Å². The molecule has 1 atom stereocenters. The molecule has 6 heteroatoms. The van der Waals surface area contributed by atoms with Crippen molar-refractivity contribution in [3.05, 3.63) is 34.6 Å². The topological polar surface area (TPSA) is 78.0 Å². The molecule has 1 amide bonds. The van der Waals surface area contributed by atoms with Crippen LogP contribution in [0.2, 0.25) is 0 Å². The smallest absolute Gasteiger partial charge is 0.262 e. The average Bonchev–Trinajstić information content (AvgIpc) is 3.01. The van der Waals surface area contributed by atoms with E-state index >= 15 is 0 Å². The van der Waals surface area contributed by atoms with Gasteiger partial charge in [-0.3, -0.25) is 14.2 Å². The lowest BCUT2D eigenvalue weighted by Gasteiger charge is -2.19. The molecule has 2 N–H and O–H groups in total. The second-order valence-corrected chi connectivity index (χ2v) is 7.00. The number of hydrogen-bond donors (Lipinski definition) is 1. The summed E-state index contributed by atoms with van der Waals surface area (Å²) in [6.07, 6.45) is 4.22. The molecule has 0 unspecified atom stereocenters. The molecule has 0 aliphatic heterocycles. The van der Waals surface area contributed by atoms with Gasteiger partial charge in [-0.05, 0) is 31.9 Å². The Bertz CT molecular complexity index is 766. The molecule has 1 aliphatic rings. The fourth-order valence-electron chi connectivity index (χ4n) is 2.91. The number of carbonyl (C=O) groups excluding carboxylic acids is 1. The summed E-state index contributed by atoms with van der Waals surface area (Å²) in [5.41, 5.74) is 6.01. The van der Waals surface area contributed by atoms with E-state index in [1.54, 1.807) is 11.5 Å². The van der Waals surface area contributed by atoms with Gasteiger partial charge in [0.25, 0.3) is 5.56 Å². The maximum absolute atomic E-state index is 12.9. The summed E-state index contributed by atoms with van der Waals surface area (Å²) >= 11 is 1.27. The number of rotatable bonds is 4. The van der Waals surface area contributed by atoms with Crippen LogP contribution in [-0.2, 0) is 4.79 Å². The molecule has 1 aromatic carbocycles. The first kappa shape index (κ1) is 15.1. The van der Waals surface area contributed by atoms with E-state index in [4.69, 9.17) is 5.73 Å². The zero-order valence-electron chi connectivity index (χ0n) is 12.5. The van der Waals surface area contributed by atoms with Crippen LogP contribution in [-0.4, -0.2) is 20.7 Å². The van der Waals surface area contributed by atoms with Gasteiger partial charge in [0.15, 0.2) is 5.16 Å². The molecule has 1 fully saturated rings. The maximum atomic E-state index is 12.9. The highest BCUT2D eigenvalue weighted by Crippen LogP contribution is 2.33. The van der Waals surface area contributed by atoms with Crippen LogP contribution < -0.4 is 11.3 Å². The first-order chi connectivity index (χ1) is 10.6. The number of primary amides is 1. The summed E-state index contributed by atoms with van der Waals surface area (Å²) < 4.78 is 1.78. The summed E-state index contributed by atoms with van der Waals surface area (Å²) in [6, 6.07) is 7.52. The number of fused-ring (bicyclic) bond motifs is 1. The van der Waals surface area contributed by atoms with Crippen molar-refractivity contribution in [2.75, 3.05) is 0 Å². The predicted octanol–water partition coefficient (Wildman–Crippen LogP) is 2.48. The van der Waals surface area contributed by atoms with Gasteiger partial charge >= 0.3 is 0 Å². The Morgan fingerprint density at radius 2 is 2.05 bits per heavy atom. The second-order valence-electron chi connectivity index (χ2n) is 5.69. The molecule has 0 spiro atoms. The van der Waals surface area contributed by atoms with Gasteiger partial charge in [0.1, 0.15) is 0 Å². The zero-order valence-corrected chi connectivity index (χ0v) is 13.3. The molecular formula is C16H19N3O2S. The van der Waals surface area contributed by atoms with Gasteiger partial charge in [-0.1, -0.05) is 36.7 Å². The SMILES string of the molecule is C[C@@H](Sc1nc2ccccc2c(=O)n1C1CCCC1)C(N)=O. The number of thioether (sulfide) groups is 1. The molecule has 1 heterocycles. The average molecular weight is 317 g/mol. The van der Waals surface area contributed by atoms with Crippen LogP contribution in [0.3, 0.4) is 0 Å². The summed E-state index contributed by atoms with van der Waals surface area (Å²) in [5.74, 6) is -0.398. The highest BCUT2D eigenvalue weighted by molar-refractivity contribution is 8.00. The quantitative estimate of drug-likeness (QED) is 0.694. The van der Waals surface area contributed by atoms with E-state index in [0.717, 1.165) is 25.7 Å². The highest BCUT2D eigenvalue weighted by atomic mass is 32.2. The number of carbonyl (C=O) groups is 1. The molecule has 1 aromatic heterocycles. The van der Waals surface area contributed by atoms with E-state index in [-0.39, 0.29) is 11.6 Å². The Morgan fingerprint density at radius 3 is 2.73 bits per heavy atom. The maximum Gasteiger partial charge on any atom is 0.262 e. The largest absolute Gasteiger partial charge is 0.369 e. The molecule has 5 nitrogen and oxygen atoms in total. The van der Waals surface area contributed by atoms with Crippen molar-refractivity contribution in [3.63, 3.8) is 0 Å². The van der Waals surface area contributed by atoms with E-state index in [9.17, 15) is 9.59 Å². The van der Waals surface area contributed by atoms with Crippen LogP contribution in [0.4, 0.5) is 0 Å². The van der Waals surface area contributed by atoms with E-state index in [0.29, 0.717) is 16.1 Å². The Kier molecular flexibility index (Phi) is 4.20. The third-order valence-electron chi connectivity index (χ3n) is 4.15. The summed E-state index contributed by atoms with van der Waals surface area (Å²) in [5, 5.41) is 0.813. The van der Waals surface area contributed by atoms with Gasteiger partial charge in [-0.25, -0.2) is 4.98 Å². The van der Waals surface area contributed by atoms with Gasteiger partial charge in [-0.2, -0.15) is 0 Å². The molecule has 1 aliphatic carbocycles. The van der Waals surface area contributed by atoms with Crippen molar-refractivity contribution >= 4 is 28.6 Å². The molecule has 22 heavy (non-hydrogen) atoms. The van der Waals surface area contributed by atoms with E-state index in [2.05, 4.69) is 4.98 Å². The lowest BCUT2D eigenvalue weighted by Crippen LogP contribution is -2.29. The number of hydrogen-bond acceptors (Lipinski definition) is 4. The predicted molar refractivity (Wildman–Crippen MR) is 88.0 cm³/mol. The number of para-hydroxylation sites is 1. The Hall–Kier alpha value is -1.82. The Balaban J connectivity index is 2.16. The van der Waals surface area contributed by atoms with Crippen LogP contribution in [0, 0.1) is 0 Å². The van der Waals surface area contributed by atoms with Crippen LogP contribution in [0.25, 0.3) is 10.9 Å². The molecule has 0 saturated heterocycles. The Labute approximate surface area is 132 Å². The summed E-state index contributed by atoms with van der Waals surface area (Å²) in [6.45, 7) is 1.74. The first-order valence-corrected chi connectivity index (χ1v) is 8.43. The van der Waals surface area contributed by atoms with Crippen LogP contribution >= 0.6 is 11.8 Å². The minimum Gasteiger partial charge on any atom is -0.369 e. The van der Waals surface area contributed by atoms with Crippen molar-refractivity contribution in [1.29, 1.82) is 0 Å². The number of aromatic nitrogens is 2. The third-order valence-corrected chi connectivity index (χ3v) is 5.23. The van der Waals surface area contributed by atoms with Crippen molar-refractivity contribution < 1.29 is 4.79 Å². The van der Waals surface area contributed by atoms with Crippen molar-refractivity contribution in [2.45, 2.75) is 49.1 Å². The minimum atomic E-state index is -0.416. The van der Waals surface area contributed by atoms with Gasteiger partial charge in [0.05, 0.1) is 16.2 Å². The lowest BCUT2D eigenvalue weighted by atomic mass is 10.2. The second kappa shape index (κ2) is 6.12. The third kappa shape index (κ3) is 2.75. The normalized spacial score (nSPS) is 17.0. The molecule has 1 saturated carbocycles. The fraction of sp³-hybridized carbons (Fsp3) is 0.438. The molecule has 0 radical (unpaired) electrons. The van der Waals surface area contributed by atoms with E-state index in [1.165, 1.54) is 11.8 Å². The number of nitrogens with two attached hydrogens (primary N) is 1. The minimum absolute atomic E-state index is 0.0170. The number of benzene rings is 1. The molecule has 3 rings (SSSR count). The molecule has 0 bridgehead atoms. The van der Waals surface area contributed by atoms with Crippen molar-refractivity contribution in [2.24, 2.45) is 5.73 Å².